The highest BCUT2D eigenvalue weighted by Crippen LogP contribution is 2.13. The Balaban J connectivity index is 1.86. The fraction of sp³-hybridized carbons (Fsp3) is 0.176. The van der Waals surface area contributed by atoms with E-state index in [0.29, 0.717) is 11.3 Å². The van der Waals surface area contributed by atoms with Gasteiger partial charge >= 0.3 is 0 Å². The molecule has 0 radical (unpaired) electrons. The molecule has 0 heterocycles. The number of carbonyl (C=O) groups is 1. The van der Waals surface area contributed by atoms with E-state index in [1.54, 1.807) is 24.3 Å². The first-order valence-corrected chi connectivity index (χ1v) is 6.66. The van der Waals surface area contributed by atoms with Crippen molar-refractivity contribution in [2.24, 2.45) is 0 Å². The van der Waals surface area contributed by atoms with E-state index in [4.69, 9.17) is 10.00 Å². The van der Waals surface area contributed by atoms with Crippen LogP contribution in [0.4, 0.5) is 0 Å². The Kier molecular flexibility index (Phi) is 4.94. The smallest absolute Gasteiger partial charge is 0.258 e. The molecule has 4 nitrogen and oxygen atoms in total. The number of nitrogens with one attached hydrogen (secondary N) is 1. The molecule has 0 spiro atoms. The standard InChI is InChI=1S/C17H16N2O2/c1-13(15-7-3-2-4-8-15)19-17(20)12-21-16-9-5-6-14(10-16)11-18/h2-10,13H,12H2,1H3,(H,19,20). The fourth-order valence-electron chi connectivity index (χ4n) is 1.91. The first-order chi connectivity index (χ1) is 10.2. The minimum Gasteiger partial charge on any atom is -0.484 e. The molecule has 0 aliphatic carbocycles. The molecular weight excluding hydrogens is 264 g/mol. The Morgan fingerprint density at radius 3 is 2.71 bits per heavy atom. The molecule has 0 saturated carbocycles. The molecule has 2 rings (SSSR count). The third kappa shape index (κ3) is 4.36. The molecule has 21 heavy (non-hydrogen) atoms. The van der Waals surface area contributed by atoms with Crippen molar-refractivity contribution < 1.29 is 9.53 Å². The topological polar surface area (TPSA) is 62.1 Å². The van der Waals surface area contributed by atoms with E-state index in [1.807, 2.05) is 43.3 Å². The predicted molar refractivity (Wildman–Crippen MR) is 79.7 cm³/mol. The monoisotopic (exact) mass is 280 g/mol. The highest BCUT2D eigenvalue weighted by Gasteiger charge is 2.09. The second kappa shape index (κ2) is 7.11. The van der Waals surface area contributed by atoms with Gasteiger partial charge in [0, 0.05) is 0 Å². The molecule has 0 saturated heterocycles. The van der Waals surface area contributed by atoms with Crippen molar-refractivity contribution in [1.29, 1.82) is 5.26 Å². The molecule has 1 N–H and O–H groups in total. The Labute approximate surface area is 124 Å². The number of hydrogen-bond donors (Lipinski definition) is 1. The van der Waals surface area contributed by atoms with E-state index in [1.165, 1.54) is 0 Å². The van der Waals surface area contributed by atoms with Crippen LogP contribution in [0.3, 0.4) is 0 Å². The molecule has 1 amide bonds. The normalized spacial score (nSPS) is 11.2. The van der Waals surface area contributed by atoms with Crippen LogP contribution < -0.4 is 10.1 Å². The van der Waals surface area contributed by atoms with Gasteiger partial charge in [-0.05, 0) is 30.7 Å². The number of nitriles is 1. The number of rotatable bonds is 5. The van der Waals surface area contributed by atoms with Crippen molar-refractivity contribution in [2.75, 3.05) is 6.61 Å². The van der Waals surface area contributed by atoms with Gasteiger partial charge in [0.2, 0.25) is 0 Å². The summed E-state index contributed by atoms with van der Waals surface area (Å²) >= 11 is 0. The van der Waals surface area contributed by atoms with Gasteiger partial charge in [-0.25, -0.2) is 0 Å². The number of hydrogen-bond acceptors (Lipinski definition) is 3. The summed E-state index contributed by atoms with van der Waals surface area (Å²) in [7, 11) is 0. The first kappa shape index (κ1) is 14.6. The number of nitrogens with zero attached hydrogens (tertiary/aromatic N) is 1. The maximum Gasteiger partial charge on any atom is 0.258 e. The van der Waals surface area contributed by atoms with Gasteiger partial charge in [0.15, 0.2) is 6.61 Å². The highest BCUT2D eigenvalue weighted by molar-refractivity contribution is 5.78. The number of benzene rings is 2. The lowest BCUT2D eigenvalue weighted by atomic mass is 10.1. The van der Waals surface area contributed by atoms with E-state index < -0.39 is 0 Å². The zero-order chi connectivity index (χ0) is 15.1. The molecule has 4 heteroatoms. The SMILES string of the molecule is CC(NC(=O)COc1cccc(C#N)c1)c1ccccc1. The molecule has 0 fully saturated rings. The zero-order valence-electron chi connectivity index (χ0n) is 11.7. The maximum atomic E-state index is 11.9. The van der Waals surface area contributed by atoms with Gasteiger partial charge in [-0.2, -0.15) is 5.26 Å². The molecule has 0 aliphatic rings. The Bertz CT molecular complexity index is 647. The van der Waals surface area contributed by atoms with Gasteiger partial charge in [0.25, 0.3) is 5.91 Å². The molecule has 2 aromatic rings. The van der Waals surface area contributed by atoms with Crippen molar-refractivity contribution >= 4 is 5.91 Å². The van der Waals surface area contributed by atoms with E-state index in [-0.39, 0.29) is 18.6 Å². The van der Waals surface area contributed by atoms with Gasteiger partial charge in [-0.15, -0.1) is 0 Å². The van der Waals surface area contributed by atoms with Crippen LogP contribution in [0.25, 0.3) is 0 Å². The molecule has 106 valence electrons. The largest absolute Gasteiger partial charge is 0.484 e. The van der Waals surface area contributed by atoms with E-state index in [9.17, 15) is 4.79 Å². The van der Waals surface area contributed by atoms with Crippen molar-refractivity contribution in [3.8, 4) is 11.8 Å². The van der Waals surface area contributed by atoms with Crippen molar-refractivity contribution in [3.63, 3.8) is 0 Å². The van der Waals surface area contributed by atoms with Gasteiger partial charge in [0.05, 0.1) is 17.7 Å². The lowest BCUT2D eigenvalue weighted by molar-refractivity contribution is -0.123. The van der Waals surface area contributed by atoms with E-state index in [2.05, 4.69) is 5.32 Å². The lowest BCUT2D eigenvalue weighted by Crippen LogP contribution is -2.31. The predicted octanol–water partition coefficient (Wildman–Crippen LogP) is 2.81. The average molecular weight is 280 g/mol. The summed E-state index contributed by atoms with van der Waals surface area (Å²) < 4.78 is 5.38. The van der Waals surface area contributed by atoms with Crippen LogP contribution in [0, 0.1) is 11.3 Å². The second-order valence-electron chi connectivity index (χ2n) is 4.63. The van der Waals surface area contributed by atoms with Gasteiger partial charge in [0.1, 0.15) is 5.75 Å². The summed E-state index contributed by atoms with van der Waals surface area (Å²) in [5.41, 5.74) is 1.54. The Morgan fingerprint density at radius 1 is 1.24 bits per heavy atom. The summed E-state index contributed by atoms with van der Waals surface area (Å²) in [6.07, 6.45) is 0. The minimum atomic E-state index is -0.200. The van der Waals surface area contributed by atoms with Crippen LogP contribution in [0.1, 0.15) is 24.1 Å². The average Bonchev–Trinajstić information content (AvgIpc) is 2.54. The van der Waals surface area contributed by atoms with Gasteiger partial charge in [-0.1, -0.05) is 36.4 Å². The van der Waals surface area contributed by atoms with Crippen LogP contribution in [-0.2, 0) is 4.79 Å². The van der Waals surface area contributed by atoms with Crippen molar-refractivity contribution in [2.45, 2.75) is 13.0 Å². The summed E-state index contributed by atoms with van der Waals surface area (Å²) in [5, 5.41) is 11.7. The Morgan fingerprint density at radius 2 is 2.00 bits per heavy atom. The summed E-state index contributed by atoms with van der Waals surface area (Å²) in [4.78, 5) is 11.9. The summed E-state index contributed by atoms with van der Waals surface area (Å²) in [5.74, 6) is 0.310. The van der Waals surface area contributed by atoms with Crippen LogP contribution in [0.2, 0.25) is 0 Å². The van der Waals surface area contributed by atoms with Crippen molar-refractivity contribution in [3.05, 3.63) is 65.7 Å². The van der Waals surface area contributed by atoms with Gasteiger partial charge < -0.3 is 10.1 Å². The third-order valence-electron chi connectivity index (χ3n) is 3.01. The number of amides is 1. The summed E-state index contributed by atoms with van der Waals surface area (Å²) in [6.45, 7) is 1.84. The minimum absolute atomic E-state index is 0.0762. The highest BCUT2D eigenvalue weighted by atomic mass is 16.5. The number of ether oxygens (including phenoxy) is 1. The van der Waals surface area contributed by atoms with Crippen LogP contribution in [0.15, 0.2) is 54.6 Å². The van der Waals surface area contributed by atoms with Gasteiger partial charge in [-0.3, -0.25) is 4.79 Å². The first-order valence-electron chi connectivity index (χ1n) is 6.66. The third-order valence-corrected chi connectivity index (χ3v) is 3.01. The van der Waals surface area contributed by atoms with Crippen LogP contribution in [-0.4, -0.2) is 12.5 Å². The van der Waals surface area contributed by atoms with Crippen LogP contribution in [0.5, 0.6) is 5.75 Å². The fourth-order valence-corrected chi connectivity index (χ4v) is 1.91. The molecule has 0 aromatic heterocycles. The Hall–Kier alpha value is -2.80. The molecule has 0 aliphatic heterocycles. The van der Waals surface area contributed by atoms with E-state index >= 15 is 0 Å². The number of carbonyl (C=O) groups excluding carboxylic acids is 1. The molecule has 2 aromatic carbocycles. The molecule has 1 unspecified atom stereocenters. The zero-order valence-corrected chi connectivity index (χ0v) is 11.7. The van der Waals surface area contributed by atoms with Crippen molar-refractivity contribution in [1.82, 2.24) is 5.32 Å². The molecule has 0 bridgehead atoms. The molecule has 1 atom stereocenters. The maximum absolute atomic E-state index is 11.9. The lowest BCUT2D eigenvalue weighted by Gasteiger charge is -2.14. The second-order valence-corrected chi connectivity index (χ2v) is 4.63. The van der Waals surface area contributed by atoms with Crippen LogP contribution >= 0.6 is 0 Å². The van der Waals surface area contributed by atoms with E-state index in [0.717, 1.165) is 5.56 Å². The quantitative estimate of drug-likeness (QED) is 0.916. The molecular formula is C17H16N2O2. The summed E-state index contributed by atoms with van der Waals surface area (Å²) in [6, 6.07) is 18.4.